The summed E-state index contributed by atoms with van der Waals surface area (Å²) in [6.45, 7) is 1.88. The predicted octanol–water partition coefficient (Wildman–Crippen LogP) is 3.37. The van der Waals surface area contributed by atoms with Crippen LogP contribution in [0.1, 0.15) is 36.4 Å². The molecule has 0 amide bonds. The number of hydroxylamine groups is 1. The van der Waals surface area contributed by atoms with Gasteiger partial charge >= 0.3 is 0 Å². The maximum atomic E-state index is 13.4. The summed E-state index contributed by atoms with van der Waals surface area (Å²) in [4.78, 5) is 0.176. The van der Waals surface area contributed by atoms with E-state index in [4.69, 9.17) is 10.6 Å². The van der Waals surface area contributed by atoms with Crippen LogP contribution < -0.4 is 5.48 Å². The van der Waals surface area contributed by atoms with Gasteiger partial charge < -0.3 is 0 Å². The molecule has 8 heteroatoms. The highest BCUT2D eigenvalue weighted by Gasteiger charge is 2.43. The van der Waals surface area contributed by atoms with Crippen LogP contribution >= 0.6 is 0 Å². The van der Waals surface area contributed by atoms with Gasteiger partial charge in [-0.05, 0) is 49.6 Å². The summed E-state index contributed by atoms with van der Waals surface area (Å²) in [7, 11) is -3.83. The maximum Gasteiger partial charge on any atom is 0.243 e. The second-order valence-corrected chi connectivity index (χ2v) is 8.58. The number of nitrogens with one attached hydrogen (secondary N) is 2. The molecule has 0 aromatic heterocycles. The van der Waals surface area contributed by atoms with Crippen molar-refractivity contribution in [3.8, 4) is 0 Å². The fourth-order valence-electron chi connectivity index (χ4n) is 3.53. The molecule has 3 N–H and O–H groups in total. The largest absolute Gasteiger partial charge is 0.290 e. The minimum atomic E-state index is -3.83. The monoisotopic (exact) mass is 391 g/mol. The first kappa shape index (κ1) is 19.5. The highest BCUT2D eigenvalue weighted by molar-refractivity contribution is 7.89. The summed E-state index contributed by atoms with van der Waals surface area (Å²) >= 11 is 0. The molecular formula is C19H22FN3O3S. The van der Waals surface area contributed by atoms with Gasteiger partial charge in [-0.3, -0.25) is 16.1 Å². The molecule has 0 spiro atoms. The van der Waals surface area contributed by atoms with Gasteiger partial charge in [-0.25, -0.2) is 12.8 Å². The zero-order valence-corrected chi connectivity index (χ0v) is 15.7. The van der Waals surface area contributed by atoms with Crippen molar-refractivity contribution in [1.82, 2.24) is 9.79 Å². The summed E-state index contributed by atoms with van der Waals surface area (Å²) in [6.07, 6.45) is 1.16. The van der Waals surface area contributed by atoms with E-state index in [0.29, 0.717) is 18.4 Å². The lowest BCUT2D eigenvalue weighted by atomic mass is 10.1. The van der Waals surface area contributed by atoms with Gasteiger partial charge in [0.25, 0.3) is 0 Å². The van der Waals surface area contributed by atoms with Crippen LogP contribution in [-0.2, 0) is 10.0 Å². The Hall–Kier alpha value is -2.29. The highest BCUT2D eigenvalue weighted by Crippen LogP contribution is 2.41. The first-order valence-corrected chi connectivity index (χ1v) is 10.1. The molecule has 0 radical (unpaired) electrons. The SMILES string of the molecule is Cc1ccc(S(=O)(=O)N2C(CC(=N)NO)CCC2c2ccc(F)cc2)cc1. The van der Waals surface area contributed by atoms with E-state index in [1.807, 2.05) is 6.92 Å². The van der Waals surface area contributed by atoms with Crippen LogP contribution in [0.3, 0.4) is 0 Å². The topological polar surface area (TPSA) is 93.5 Å². The summed E-state index contributed by atoms with van der Waals surface area (Å²) in [6, 6.07) is 11.5. The molecule has 1 fully saturated rings. The average Bonchev–Trinajstić information content (AvgIpc) is 3.07. The van der Waals surface area contributed by atoms with Gasteiger partial charge in [-0.2, -0.15) is 4.31 Å². The van der Waals surface area contributed by atoms with Crippen LogP contribution in [0, 0.1) is 18.2 Å². The van der Waals surface area contributed by atoms with Crippen LogP contribution in [0.4, 0.5) is 4.39 Å². The van der Waals surface area contributed by atoms with Crippen molar-refractivity contribution in [3.05, 3.63) is 65.5 Å². The van der Waals surface area contributed by atoms with Crippen LogP contribution in [0.25, 0.3) is 0 Å². The molecule has 2 atom stereocenters. The van der Waals surface area contributed by atoms with Crippen LogP contribution in [0.15, 0.2) is 53.4 Å². The Morgan fingerprint density at radius 1 is 1.19 bits per heavy atom. The quantitative estimate of drug-likeness (QED) is 0.414. The first-order chi connectivity index (χ1) is 12.8. The lowest BCUT2D eigenvalue weighted by Gasteiger charge is -2.30. The second-order valence-electron chi connectivity index (χ2n) is 6.74. The van der Waals surface area contributed by atoms with E-state index in [1.165, 1.54) is 16.4 Å². The minimum absolute atomic E-state index is 0.0687. The van der Waals surface area contributed by atoms with Gasteiger partial charge in [0, 0.05) is 12.5 Å². The number of amidine groups is 1. The Morgan fingerprint density at radius 3 is 2.41 bits per heavy atom. The molecule has 0 saturated carbocycles. The molecule has 1 heterocycles. The third-order valence-corrected chi connectivity index (χ3v) is 6.84. The molecule has 1 saturated heterocycles. The van der Waals surface area contributed by atoms with Crippen molar-refractivity contribution >= 4 is 15.9 Å². The zero-order valence-electron chi connectivity index (χ0n) is 14.9. The van der Waals surface area contributed by atoms with Crippen LogP contribution in [0.5, 0.6) is 0 Å². The zero-order chi connectivity index (χ0) is 19.6. The van der Waals surface area contributed by atoms with E-state index in [1.54, 1.807) is 41.9 Å². The highest BCUT2D eigenvalue weighted by atomic mass is 32.2. The lowest BCUT2D eigenvalue weighted by molar-refractivity contribution is 0.226. The number of rotatable bonds is 5. The summed E-state index contributed by atoms with van der Waals surface area (Å²) in [5.74, 6) is -0.531. The van der Waals surface area contributed by atoms with Crippen molar-refractivity contribution in [2.45, 2.75) is 43.2 Å². The molecule has 2 unspecified atom stereocenters. The molecule has 2 aromatic rings. The van der Waals surface area contributed by atoms with Crippen molar-refractivity contribution in [2.75, 3.05) is 0 Å². The van der Waals surface area contributed by atoms with Crippen LogP contribution in [-0.4, -0.2) is 29.8 Å². The Labute approximate surface area is 158 Å². The van der Waals surface area contributed by atoms with Gasteiger partial charge in [-0.1, -0.05) is 29.8 Å². The Bertz CT molecular complexity index is 914. The summed E-state index contributed by atoms with van der Waals surface area (Å²) in [5.41, 5.74) is 3.44. The van der Waals surface area contributed by atoms with Crippen molar-refractivity contribution in [1.29, 1.82) is 5.41 Å². The Balaban J connectivity index is 2.02. The fourth-order valence-corrected chi connectivity index (χ4v) is 5.38. The summed E-state index contributed by atoms with van der Waals surface area (Å²) in [5, 5.41) is 16.7. The third-order valence-electron chi connectivity index (χ3n) is 4.87. The number of hydrogen-bond donors (Lipinski definition) is 3. The fraction of sp³-hybridized carbons (Fsp3) is 0.316. The number of hydrogen-bond acceptors (Lipinski definition) is 4. The van der Waals surface area contributed by atoms with Crippen molar-refractivity contribution in [2.24, 2.45) is 0 Å². The minimum Gasteiger partial charge on any atom is -0.290 e. The molecule has 1 aliphatic heterocycles. The van der Waals surface area contributed by atoms with Crippen molar-refractivity contribution in [3.63, 3.8) is 0 Å². The normalized spacial score (nSPS) is 20.6. The molecule has 0 aliphatic carbocycles. The van der Waals surface area contributed by atoms with E-state index >= 15 is 0 Å². The summed E-state index contributed by atoms with van der Waals surface area (Å²) < 4.78 is 41.5. The molecule has 144 valence electrons. The second kappa shape index (κ2) is 7.75. The molecule has 2 aromatic carbocycles. The maximum absolute atomic E-state index is 13.4. The molecule has 3 rings (SSSR count). The lowest BCUT2D eigenvalue weighted by Crippen LogP contribution is -2.39. The average molecular weight is 391 g/mol. The van der Waals surface area contributed by atoms with Crippen LogP contribution in [0.2, 0.25) is 0 Å². The number of aryl methyl sites for hydroxylation is 1. The number of sulfonamides is 1. The Kier molecular flexibility index (Phi) is 5.59. The molecule has 6 nitrogen and oxygen atoms in total. The number of halogens is 1. The molecule has 0 bridgehead atoms. The van der Waals surface area contributed by atoms with E-state index in [9.17, 15) is 12.8 Å². The predicted molar refractivity (Wildman–Crippen MR) is 99.6 cm³/mol. The first-order valence-electron chi connectivity index (χ1n) is 8.66. The third kappa shape index (κ3) is 4.02. The molecule has 1 aliphatic rings. The smallest absolute Gasteiger partial charge is 0.243 e. The van der Waals surface area contributed by atoms with E-state index < -0.39 is 22.1 Å². The van der Waals surface area contributed by atoms with E-state index in [-0.39, 0.29) is 23.0 Å². The van der Waals surface area contributed by atoms with Gasteiger partial charge in [0.2, 0.25) is 10.0 Å². The van der Waals surface area contributed by atoms with Gasteiger partial charge in [0.15, 0.2) is 0 Å². The number of benzene rings is 2. The van der Waals surface area contributed by atoms with E-state index in [2.05, 4.69) is 0 Å². The van der Waals surface area contributed by atoms with Gasteiger partial charge in [-0.15, -0.1) is 0 Å². The van der Waals surface area contributed by atoms with Gasteiger partial charge in [0.05, 0.1) is 10.9 Å². The Morgan fingerprint density at radius 2 is 1.81 bits per heavy atom. The van der Waals surface area contributed by atoms with E-state index in [0.717, 1.165) is 5.56 Å². The standard InChI is InChI=1S/C19H22FN3O3S/c1-13-2-9-17(10-3-13)27(25,26)23-16(12-19(21)22-24)8-11-18(23)14-4-6-15(20)7-5-14/h2-7,9-10,16,18,24H,8,11-12H2,1H3,(H2,21,22). The van der Waals surface area contributed by atoms with Crippen molar-refractivity contribution < 1.29 is 18.0 Å². The molecule has 27 heavy (non-hydrogen) atoms. The van der Waals surface area contributed by atoms with Gasteiger partial charge in [0.1, 0.15) is 11.7 Å². The molecular weight excluding hydrogens is 369 g/mol. The number of nitrogens with zero attached hydrogens (tertiary/aromatic N) is 1.